The van der Waals surface area contributed by atoms with E-state index in [2.05, 4.69) is 61.0 Å². The van der Waals surface area contributed by atoms with E-state index in [9.17, 15) is 0 Å². The van der Waals surface area contributed by atoms with Gasteiger partial charge in [0.05, 0.1) is 20.1 Å². The Bertz CT molecular complexity index is 1690. The van der Waals surface area contributed by atoms with Gasteiger partial charge in [-0.1, -0.05) is 116 Å². The molecule has 12 nitrogen and oxygen atoms in total. The third-order valence-corrected chi connectivity index (χ3v) is 9.96. The van der Waals surface area contributed by atoms with E-state index in [0.717, 1.165) is 52.1 Å². The van der Waals surface area contributed by atoms with Crippen molar-refractivity contribution in [2.75, 3.05) is 73.6 Å². The van der Waals surface area contributed by atoms with Gasteiger partial charge in [-0.05, 0) is 62.3 Å². The summed E-state index contributed by atoms with van der Waals surface area (Å²) in [6.45, 7) is 6.75. The van der Waals surface area contributed by atoms with E-state index in [0.29, 0.717) is 44.6 Å². The van der Waals surface area contributed by atoms with Crippen molar-refractivity contribution in [3.63, 3.8) is 0 Å². The van der Waals surface area contributed by atoms with E-state index in [-0.39, 0.29) is 35.4 Å². The molecule has 0 radical (unpaired) electrons. The van der Waals surface area contributed by atoms with Gasteiger partial charge in [-0.25, -0.2) is 0 Å². The maximum absolute atomic E-state index is 6.13. The van der Waals surface area contributed by atoms with Gasteiger partial charge in [-0.2, -0.15) is 29.9 Å². The largest absolute Gasteiger partial charge is 0.354 e. The lowest BCUT2D eigenvalue weighted by molar-refractivity contribution is 0.132. The maximum atomic E-state index is 6.13. The second-order valence-corrected chi connectivity index (χ2v) is 17.6. The van der Waals surface area contributed by atoms with Crippen LogP contribution >= 0.6 is 116 Å². The molecule has 0 aliphatic carbocycles. The number of nitrogens with zero attached hydrogens (tertiary/aromatic N) is 8. The monoisotopic (exact) mass is 908 g/mol. The minimum absolute atomic E-state index is 0.0218. The molecule has 3 heterocycles. The van der Waals surface area contributed by atoms with Crippen molar-refractivity contribution in [3.05, 3.63) is 68.1 Å². The molecule has 4 N–H and O–H groups in total. The third-order valence-electron chi connectivity index (χ3n) is 7.46. The van der Waals surface area contributed by atoms with E-state index in [1.54, 1.807) is 36.4 Å². The number of piperazine rings is 1. The number of nitrogens with one attached hydrogen (secondary N) is 4. The Kier molecular flexibility index (Phi) is 15.1. The molecule has 4 aromatic rings. The van der Waals surface area contributed by atoms with Crippen LogP contribution in [0, 0.1) is 0 Å². The van der Waals surface area contributed by atoms with Gasteiger partial charge in [0.25, 0.3) is 0 Å². The maximum Gasteiger partial charge on any atom is 0.250 e. The quantitative estimate of drug-likeness (QED) is 0.0710. The van der Waals surface area contributed by atoms with Crippen LogP contribution in [0.5, 0.6) is 0 Å². The van der Waals surface area contributed by atoms with Crippen molar-refractivity contribution in [2.24, 2.45) is 0 Å². The number of anilines is 6. The molecule has 280 valence electrons. The number of aromatic nitrogens is 6. The van der Waals surface area contributed by atoms with Gasteiger partial charge in [0.2, 0.25) is 31.4 Å². The Balaban J connectivity index is 1.04. The molecule has 1 aliphatic heterocycles. The van der Waals surface area contributed by atoms with Crippen molar-refractivity contribution in [2.45, 2.75) is 20.4 Å². The lowest BCUT2D eigenvalue weighted by Gasteiger charge is -2.34. The van der Waals surface area contributed by atoms with Crippen LogP contribution in [0.2, 0.25) is 20.1 Å². The average Bonchev–Trinajstić information content (AvgIpc) is 3.08. The van der Waals surface area contributed by atoms with Crippen LogP contribution in [0.3, 0.4) is 0 Å². The highest BCUT2D eigenvalue weighted by atomic mass is 35.6. The highest BCUT2D eigenvalue weighted by molar-refractivity contribution is 6.67. The highest BCUT2D eigenvalue weighted by Gasteiger charge is 2.29. The molecule has 22 heteroatoms. The lowest BCUT2D eigenvalue weighted by Crippen LogP contribution is -2.47. The summed E-state index contributed by atoms with van der Waals surface area (Å²) in [7, 11) is 0. The van der Waals surface area contributed by atoms with Gasteiger partial charge in [0, 0.05) is 50.6 Å². The molecule has 0 amide bonds. The second kappa shape index (κ2) is 18.9. The summed E-state index contributed by atoms with van der Waals surface area (Å²) in [5.41, 5.74) is 1.22. The SMILES string of the molecule is Clc1ccc(Nc2nc(NCCCN3CCN(CCCNc4nc(Nc5ccc(Cl)c(Cl)c5)nc(C(Cl)(Cl)Cl)n4)CC3)nc(C(Cl)(Cl)Cl)n2)cc1Cl. The molecule has 2 aromatic heterocycles. The number of benzene rings is 2. The Hall–Kier alpha value is -1.52. The first-order valence-electron chi connectivity index (χ1n) is 15.7. The van der Waals surface area contributed by atoms with Crippen molar-refractivity contribution < 1.29 is 0 Å². The first-order valence-corrected chi connectivity index (χ1v) is 19.4. The summed E-state index contributed by atoms with van der Waals surface area (Å²) in [5.74, 6) is 0.879. The van der Waals surface area contributed by atoms with Crippen LogP contribution in [0.4, 0.5) is 35.2 Å². The average molecular weight is 913 g/mol. The fraction of sp³-hybridized carbons (Fsp3) is 0.400. The molecule has 0 atom stereocenters. The predicted octanol–water partition coefficient (Wildman–Crippen LogP) is 9.73. The summed E-state index contributed by atoms with van der Waals surface area (Å²) < 4.78 is -3.69. The van der Waals surface area contributed by atoms with Gasteiger partial charge >= 0.3 is 0 Å². The molecular weight excluding hydrogens is 883 g/mol. The van der Waals surface area contributed by atoms with Crippen molar-refractivity contribution in [1.82, 2.24) is 39.7 Å². The smallest absolute Gasteiger partial charge is 0.250 e. The molecule has 1 aliphatic rings. The number of rotatable bonds is 14. The van der Waals surface area contributed by atoms with Crippen molar-refractivity contribution >= 4 is 151 Å². The van der Waals surface area contributed by atoms with Crippen LogP contribution < -0.4 is 21.3 Å². The number of hydrogen-bond donors (Lipinski definition) is 4. The molecule has 2 aromatic carbocycles. The minimum Gasteiger partial charge on any atom is -0.354 e. The molecule has 0 saturated carbocycles. The van der Waals surface area contributed by atoms with Gasteiger partial charge in [0.15, 0.2) is 11.6 Å². The van der Waals surface area contributed by atoms with Crippen molar-refractivity contribution in [3.8, 4) is 0 Å². The fourth-order valence-electron chi connectivity index (χ4n) is 4.92. The number of hydrogen-bond acceptors (Lipinski definition) is 12. The zero-order chi connectivity index (χ0) is 37.5. The molecule has 5 rings (SSSR count). The van der Waals surface area contributed by atoms with Gasteiger partial charge < -0.3 is 31.1 Å². The van der Waals surface area contributed by atoms with Crippen LogP contribution in [0.15, 0.2) is 36.4 Å². The second-order valence-electron chi connectivity index (χ2n) is 11.4. The number of alkyl halides is 6. The van der Waals surface area contributed by atoms with Crippen LogP contribution in [0.25, 0.3) is 0 Å². The Morgan fingerprint density at radius 1 is 0.500 bits per heavy atom. The van der Waals surface area contributed by atoms with Crippen molar-refractivity contribution in [1.29, 1.82) is 0 Å². The lowest BCUT2D eigenvalue weighted by atomic mass is 10.2. The molecule has 0 unspecified atom stereocenters. The summed E-state index contributed by atoms with van der Waals surface area (Å²) in [4.78, 5) is 30.7. The predicted molar refractivity (Wildman–Crippen MR) is 217 cm³/mol. The van der Waals surface area contributed by atoms with Crippen LogP contribution in [0.1, 0.15) is 24.5 Å². The van der Waals surface area contributed by atoms with E-state index in [4.69, 9.17) is 116 Å². The standard InChI is InChI=1S/C30H30Cl10N12/c31-19-5-3-17(15-21(19)33)43-27-47-23(29(35,36)37)45-25(49-27)41-7-1-9-51-11-13-52(14-12-51)10-2-8-42-26-46-24(30(38,39)40)48-28(50-26)44-18-4-6-20(32)22(34)16-18/h3-6,15-16H,1-2,7-14H2,(H2,41,43,45,47,49)(H2,42,44,46,48,50). The molecule has 0 bridgehead atoms. The molecular formula is C30H30Cl10N12. The van der Waals surface area contributed by atoms with E-state index < -0.39 is 7.59 Å². The summed E-state index contributed by atoms with van der Waals surface area (Å²) in [6, 6.07) is 10.1. The normalized spacial score (nSPS) is 14.3. The zero-order valence-electron chi connectivity index (χ0n) is 26.9. The number of halogens is 10. The summed E-state index contributed by atoms with van der Waals surface area (Å²) in [5, 5.41) is 14.1. The molecule has 52 heavy (non-hydrogen) atoms. The Morgan fingerprint density at radius 2 is 0.865 bits per heavy atom. The van der Waals surface area contributed by atoms with E-state index >= 15 is 0 Å². The molecule has 0 spiro atoms. The minimum atomic E-state index is -1.85. The van der Waals surface area contributed by atoms with E-state index in [1.807, 2.05) is 0 Å². The molecule has 1 fully saturated rings. The van der Waals surface area contributed by atoms with Crippen LogP contribution in [-0.4, -0.2) is 92.1 Å². The highest BCUT2D eigenvalue weighted by Crippen LogP contribution is 2.38. The summed E-state index contributed by atoms with van der Waals surface area (Å²) >= 11 is 60.9. The first-order chi connectivity index (χ1) is 24.6. The molecule has 1 saturated heterocycles. The zero-order valence-corrected chi connectivity index (χ0v) is 34.5. The Labute approximate surface area is 350 Å². The van der Waals surface area contributed by atoms with Gasteiger partial charge in [-0.15, -0.1) is 0 Å². The van der Waals surface area contributed by atoms with Gasteiger partial charge in [-0.3, -0.25) is 0 Å². The topological polar surface area (TPSA) is 132 Å². The fourth-order valence-corrected chi connectivity index (χ4v) is 6.03. The van der Waals surface area contributed by atoms with Gasteiger partial charge in [0.1, 0.15) is 0 Å². The Morgan fingerprint density at radius 3 is 1.21 bits per heavy atom. The third kappa shape index (κ3) is 12.8. The van der Waals surface area contributed by atoms with Crippen LogP contribution in [-0.2, 0) is 7.59 Å². The first kappa shape index (κ1) is 41.6. The summed E-state index contributed by atoms with van der Waals surface area (Å²) in [6.07, 6.45) is 1.69. The van der Waals surface area contributed by atoms with E-state index in [1.165, 1.54) is 0 Å².